The molecule has 4 aliphatic carbocycles. The molecule has 1 aromatic carbocycles. The van der Waals surface area contributed by atoms with Gasteiger partial charge >= 0.3 is 0 Å². The number of benzene rings is 1. The predicted molar refractivity (Wildman–Crippen MR) is 166 cm³/mol. The molecule has 0 aliphatic heterocycles. The van der Waals surface area contributed by atoms with Gasteiger partial charge in [0.2, 0.25) is 11.8 Å². The third-order valence-electron chi connectivity index (χ3n) is 11.2. The minimum Gasteiger partial charge on any atom is -0.484 e. The fraction of sp³-hybridized carbons (Fsp3) is 0.735. The van der Waals surface area contributed by atoms with Crippen LogP contribution in [0.15, 0.2) is 18.2 Å². The second-order valence-electron chi connectivity index (χ2n) is 13.7. The quantitative estimate of drug-likeness (QED) is 0.271. The monoisotopic (exact) mass is 633 g/mol. The van der Waals surface area contributed by atoms with Crippen molar-refractivity contribution in [3.05, 3.63) is 29.0 Å². The lowest BCUT2D eigenvalue weighted by molar-refractivity contribution is -0.130. The van der Waals surface area contributed by atoms with E-state index in [9.17, 15) is 23.9 Å². The minimum absolute atomic E-state index is 0.00448. The van der Waals surface area contributed by atoms with Crippen LogP contribution in [0.4, 0.5) is 4.39 Å². The Morgan fingerprint density at radius 3 is 2.25 bits per heavy atom. The van der Waals surface area contributed by atoms with Crippen molar-refractivity contribution in [3.8, 4) is 5.75 Å². The molecule has 0 aromatic heterocycles. The number of aliphatic hydroxyl groups is 1. The van der Waals surface area contributed by atoms with E-state index in [4.69, 9.17) is 16.3 Å². The molecular weight excluding hydrogens is 585 g/mol. The van der Waals surface area contributed by atoms with Crippen LogP contribution in [-0.4, -0.2) is 54.7 Å². The highest BCUT2D eigenvalue weighted by Crippen LogP contribution is 2.48. The third kappa shape index (κ3) is 7.87. The van der Waals surface area contributed by atoms with Gasteiger partial charge in [-0.15, -0.1) is 0 Å². The summed E-state index contributed by atoms with van der Waals surface area (Å²) in [5, 5.41) is 18.7. The molecule has 0 radical (unpaired) electrons. The van der Waals surface area contributed by atoms with Gasteiger partial charge in [-0.1, -0.05) is 57.0 Å². The fourth-order valence-corrected chi connectivity index (χ4v) is 8.78. The topological polar surface area (TPSA) is 117 Å². The second kappa shape index (κ2) is 15.3. The molecule has 244 valence electrons. The zero-order valence-corrected chi connectivity index (χ0v) is 26.6. The van der Waals surface area contributed by atoms with Gasteiger partial charge in [-0.25, -0.2) is 4.39 Å². The van der Waals surface area contributed by atoms with Crippen LogP contribution in [0.5, 0.6) is 5.75 Å². The maximum Gasteiger partial charge on any atom is 0.258 e. The first-order valence-electron chi connectivity index (χ1n) is 16.8. The SMILES string of the molecule is CC1C(C(=O)NCCO)CC(C(=O)NC2CC(NC(=O)COc3ccc(Cl)c(F)c3)C3CCC23)CCC1C1CCCCCC1. The van der Waals surface area contributed by atoms with E-state index >= 15 is 0 Å². The number of hydrogen-bond acceptors (Lipinski definition) is 5. The Hall–Kier alpha value is -2.39. The van der Waals surface area contributed by atoms with E-state index < -0.39 is 5.82 Å². The van der Waals surface area contributed by atoms with Crippen LogP contribution in [0.1, 0.15) is 84.0 Å². The number of amides is 3. The highest BCUT2D eigenvalue weighted by Gasteiger charge is 2.50. The highest BCUT2D eigenvalue weighted by molar-refractivity contribution is 6.30. The largest absolute Gasteiger partial charge is 0.484 e. The van der Waals surface area contributed by atoms with Crippen LogP contribution < -0.4 is 20.7 Å². The van der Waals surface area contributed by atoms with E-state index in [0.29, 0.717) is 36.5 Å². The van der Waals surface area contributed by atoms with Gasteiger partial charge in [0.1, 0.15) is 11.6 Å². The molecule has 4 N–H and O–H groups in total. The Balaban J connectivity index is 1.18. The van der Waals surface area contributed by atoms with Crippen molar-refractivity contribution in [3.63, 3.8) is 0 Å². The first-order valence-corrected chi connectivity index (χ1v) is 17.2. The number of fused-ring (bicyclic) bond motifs is 1. The first kappa shape index (κ1) is 33.0. The van der Waals surface area contributed by atoms with Crippen molar-refractivity contribution in [2.24, 2.45) is 41.4 Å². The summed E-state index contributed by atoms with van der Waals surface area (Å²) in [5.74, 6) is 0.678. The summed E-state index contributed by atoms with van der Waals surface area (Å²) in [5.41, 5.74) is 0. The Bertz CT molecular complexity index is 1160. The number of ether oxygens (including phenoxy) is 1. The van der Waals surface area contributed by atoms with Gasteiger partial charge in [0.15, 0.2) is 6.61 Å². The van der Waals surface area contributed by atoms with Crippen molar-refractivity contribution in [1.29, 1.82) is 0 Å². The molecule has 0 heterocycles. The molecule has 0 saturated heterocycles. The molecular formula is C34H49ClFN3O5. The van der Waals surface area contributed by atoms with Crippen molar-refractivity contribution in [2.75, 3.05) is 19.8 Å². The summed E-state index contributed by atoms with van der Waals surface area (Å²) in [4.78, 5) is 39.9. The molecule has 10 heteroatoms. The molecule has 8 atom stereocenters. The zero-order chi connectivity index (χ0) is 31.2. The maximum absolute atomic E-state index is 13.8. The minimum atomic E-state index is -0.601. The Morgan fingerprint density at radius 1 is 0.909 bits per heavy atom. The van der Waals surface area contributed by atoms with Gasteiger partial charge in [0.25, 0.3) is 5.91 Å². The Kier molecular flexibility index (Phi) is 11.4. The standard InChI is InChI=1S/C34H49ClFN3O5/c1-20-24(21-6-4-2-3-5-7-21)10-8-22(16-27(20)34(43)37-14-15-40)33(42)39-31-18-30(25-11-12-26(25)31)38-32(41)19-44-23-9-13-28(35)29(36)17-23/h9,13,17,20-22,24-27,30-31,40H,2-8,10-12,14-16,18-19H2,1H3,(H,37,43)(H,38,41)(H,39,42). The van der Waals surface area contributed by atoms with E-state index in [1.807, 2.05) is 0 Å². The van der Waals surface area contributed by atoms with E-state index in [1.165, 1.54) is 50.7 Å². The van der Waals surface area contributed by atoms with E-state index in [2.05, 4.69) is 22.9 Å². The molecule has 4 fully saturated rings. The van der Waals surface area contributed by atoms with E-state index in [1.54, 1.807) is 0 Å². The molecule has 0 spiro atoms. The number of hydrogen-bond donors (Lipinski definition) is 4. The normalized spacial score (nSPS) is 32.4. The molecule has 4 saturated carbocycles. The predicted octanol–water partition coefficient (Wildman–Crippen LogP) is 5.00. The number of halogens is 2. The summed E-state index contributed by atoms with van der Waals surface area (Å²) < 4.78 is 19.2. The number of carbonyl (C=O) groups excluding carboxylic acids is 3. The molecule has 44 heavy (non-hydrogen) atoms. The van der Waals surface area contributed by atoms with Gasteiger partial charge in [0.05, 0.1) is 11.6 Å². The lowest BCUT2D eigenvalue weighted by Crippen LogP contribution is -2.45. The number of rotatable bonds is 10. The molecule has 8 unspecified atom stereocenters. The molecule has 1 aromatic rings. The van der Waals surface area contributed by atoms with Crippen LogP contribution in [0.2, 0.25) is 5.02 Å². The molecule has 0 bridgehead atoms. The van der Waals surface area contributed by atoms with Crippen molar-refractivity contribution < 1.29 is 28.6 Å². The Labute approximate surface area is 265 Å². The summed E-state index contributed by atoms with van der Waals surface area (Å²) >= 11 is 5.72. The van der Waals surface area contributed by atoms with Crippen LogP contribution in [-0.2, 0) is 14.4 Å². The molecule has 3 amide bonds. The average molecular weight is 634 g/mol. The summed E-state index contributed by atoms with van der Waals surface area (Å²) in [6.07, 6.45) is 12.4. The summed E-state index contributed by atoms with van der Waals surface area (Å²) in [6.45, 7) is 2.10. The van der Waals surface area contributed by atoms with Crippen molar-refractivity contribution in [1.82, 2.24) is 16.0 Å². The lowest BCUT2D eigenvalue weighted by atomic mass is 9.72. The van der Waals surface area contributed by atoms with Gasteiger partial charge in [-0.2, -0.15) is 0 Å². The second-order valence-corrected chi connectivity index (χ2v) is 14.1. The number of carbonyl (C=O) groups is 3. The number of nitrogens with one attached hydrogen (secondary N) is 3. The van der Waals surface area contributed by atoms with Crippen molar-refractivity contribution in [2.45, 2.75) is 96.1 Å². The lowest BCUT2D eigenvalue weighted by Gasteiger charge is -2.36. The van der Waals surface area contributed by atoms with Crippen molar-refractivity contribution >= 4 is 29.3 Å². The summed E-state index contributed by atoms with van der Waals surface area (Å²) in [6, 6.07) is 4.01. The Morgan fingerprint density at radius 2 is 1.59 bits per heavy atom. The summed E-state index contributed by atoms with van der Waals surface area (Å²) in [7, 11) is 0. The maximum atomic E-state index is 13.8. The molecule has 4 aliphatic rings. The van der Waals surface area contributed by atoms with Gasteiger partial charge < -0.3 is 25.8 Å². The van der Waals surface area contributed by atoms with Gasteiger partial charge in [-0.3, -0.25) is 14.4 Å². The average Bonchev–Trinajstić information content (AvgIpc) is 3.22. The van der Waals surface area contributed by atoms with Crippen LogP contribution in [0.3, 0.4) is 0 Å². The van der Waals surface area contributed by atoms with Gasteiger partial charge in [0, 0.05) is 36.5 Å². The number of aliphatic hydroxyl groups excluding tert-OH is 1. The van der Waals surface area contributed by atoms with E-state index in [0.717, 1.165) is 31.7 Å². The first-order chi connectivity index (χ1) is 21.2. The smallest absolute Gasteiger partial charge is 0.258 e. The van der Waals surface area contributed by atoms with Crippen LogP contribution in [0.25, 0.3) is 0 Å². The third-order valence-corrected chi connectivity index (χ3v) is 11.5. The highest BCUT2D eigenvalue weighted by atomic mass is 35.5. The fourth-order valence-electron chi connectivity index (χ4n) is 8.66. The van der Waals surface area contributed by atoms with E-state index in [-0.39, 0.29) is 78.1 Å². The molecule has 5 rings (SSSR count). The van der Waals surface area contributed by atoms with Crippen LogP contribution in [0, 0.1) is 47.2 Å². The van der Waals surface area contributed by atoms with Crippen LogP contribution >= 0.6 is 11.6 Å². The van der Waals surface area contributed by atoms with Gasteiger partial charge in [-0.05, 0) is 80.2 Å². The zero-order valence-electron chi connectivity index (χ0n) is 25.9. The molecule has 8 nitrogen and oxygen atoms in total.